The van der Waals surface area contributed by atoms with E-state index < -0.39 is 11.9 Å². The van der Waals surface area contributed by atoms with E-state index in [9.17, 15) is 19.8 Å². The number of fused-ring (bicyclic) bond motifs is 4. The molecule has 0 spiro atoms. The van der Waals surface area contributed by atoms with Crippen LogP contribution < -0.4 is 29.9 Å². The maximum Gasteiger partial charge on any atom is 0.336 e. The first-order chi connectivity index (χ1) is 19.5. The number of carboxylic acid groups (broad SMARTS) is 2. The van der Waals surface area contributed by atoms with Crippen molar-refractivity contribution in [3.05, 3.63) is 85.4 Å². The summed E-state index contributed by atoms with van der Waals surface area (Å²) < 4.78 is 9.48. The van der Waals surface area contributed by atoms with Crippen molar-refractivity contribution >= 4 is 23.2 Å². The molecule has 5 heterocycles. The van der Waals surface area contributed by atoms with Gasteiger partial charge in [-0.3, -0.25) is 0 Å². The standard InChI is InChI=1S/C33H30N2O5/c36-32(37)20-9-10-21(33(38)39)24(17-20)27-25-15-18-5-1-11-34-13-3-7-22(28(18)34)30(25)40-31-23-8-4-14-35-12-2-6-19(29(23)35)16-26(27)31/h9-10,15-17H,1-8,11-14H2,(H-,36,37,38,39). The maximum absolute atomic E-state index is 12.6. The number of carboxylic acids is 2. The van der Waals surface area contributed by atoms with Gasteiger partial charge < -0.3 is 24.6 Å². The van der Waals surface area contributed by atoms with Gasteiger partial charge in [-0.2, -0.15) is 0 Å². The van der Waals surface area contributed by atoms with E-state index in [2.05, 4.69) is 21.6 Å². The summed E-state index contributed by atoms with van der Waals surface area (Å²) in [5.41, 5.74) is 8.32. The number of nitrogens with zero attached hydrogens (tertiary/aromatic N) is 2. The van der Waals surface area contributed by atoms with Crippen LogP contribution in [-0.2, 0) is 25.7 Å². The fraction of sp³-hybridized carbons (Fsp3) is 0.364. The van der Waals surface area contributed by atoms with Crippen LogP contribution in [0.2, 0.25) is 0 Å². The van der Waals surface area contributed by atoms with E-state index in [0.717, 1.165) is 105 Å². The van der Waals surface area contributed by atoms with Crippen molar-refractivity contribution in [2.75, 3.05) is 31.1 Å². The smallest absolute Gasteiger partial charge is 0.336 e. The highest BCUT2D eigenvalue weighted by Crippen LogP contribution is 2.48. The molecule has 3 aromatic carbocycles. The van der Waals surface area contributed by atoms with Gasteiger partial charge in [0.2, 0.25) is 5.36 Å². The molecule has 0 radical (unpaired) electrons. The molecule has 202 valence electrons. The van der Waals surface area contributed by atoms with Crippen LogP contribution in [0.15, 0.2) is 30.3 Å². The Kier molecular flexibility index (Phi) is 5.15. The quantitative estimate of drug-likeness (QED) is 0.405. The van der Waals surface area contributed by atoms with Gasteiger partial charge in [0.25, 0.3) is 0 Å². The summed E-state index contributed by atoms with van der Waals surface area (Å²) in [7, 11) is 0. The van der Waals surface area contributed by atoms with Gasteiger partial charge in [0.1, 0.15) is 24.6 Å². The molecule has 3 aromatic rings. The van der Waals surface area contributed by atoms with Crippen LogP contribution in [0.1, 0.15) is 79.8 Å². The van der Waals surface area contributed by atoms with Gasteiger partial charge in [-0.1, -0.05) is 6.07 Å². The molecule has 0 atom stereocenters. The van der Waals surface area contributed by atoms with E-state index in [1.54, 1.807) is 0 Å². The Bertz CT molecular complexity index is 1800. The van der Waals surface area contributed by atoms with Gasteiger partial charge in [-0.15, -0.1) is 0 Å². The van der Waals surface area contributed by atoms with Crippen LogP contribution in [-0.4, -0.2) is 43.2 Å². The van der Waals surface area contributed by atoms with Crippen molar-refractivity contribution in [2.24, 2.45) is 0 Å². The van der Waals surface area contributed by atoms with Gasteiger partial charge in [-0.25, -0.2) is 9.37 Å². The molecule has 1 N–H and O–H groups in total. The Labute approximate surface area is 231 Å². The summed E-state index contributed by atoms with van der Waals surface area (Å²) >= 11 is 0. The molecule has 0 aliphatic carbocycles. The van der Waals surface area contributed by atoms with Gasteiger partial charge in [0.15, 0.2) is 0 Å². The molecule has 0 fully saturated rings. The number of benzene rings is 3. The van der Waals surface area contributed by atoms with Crippen LogP contribution in [0.5, 0.6) is 11.5 Å². The van der Waals surface area contributed by atoms with Crippen molar-refractivity contribution in [2.45, 2.75) is 51.4 Å². The molecule has 7 nitrogen and oxygen atoms in total. The maximum atomic E-state index is 12.6. The predicted octanol–water partition coefficient (Wildman–Crippen LogP) is 2.18. The van der Waals surface area contributed by atoms with Crippen molar-refractivity contribution in [3.8, 4) is 11.5 Å². The lowest BCUT2D eigenvalue weighted by atomic mass is 9.81. The molecule has 5 aliphatic rings. The minimum atomic E-state index is -1.32. The van der Waals surface area contributed by atoms with Crippen LogP contribution in [0.4, 0.5) is 5.69 Å². The molecule has 0 bridgehead atoms. The first-order valence-corrected chi connectivity index (χ1v) is 14.5. The minimum absolute atomic E-state index is 0.0296. The summed E-state index contributed by atoms with van der Waals surface area (Å²) in [6.07, 6.45) is 7.96. The van der Waals surface area contributed by atoms with Crippen molar-refractivity contribution in [1.29, 1.82) is 0 Å². The Morgan fingerprint density at radius 3 is 2.40 bits per heavy atom. The van der Waals surface area contributed by atoms with Crippen LogP contribution in [0.3, 0.4) is 0 Å². The molecule has 7 heteroatoms. The zero-order valence-corrected chi connectivity index (χ0v) is 22.3. The summed E-state index contributed by atoms with van der Waals surface area (Å²) in [6.45, 7) is 4.15. The first kappa shape index (κ1) is 23.7. The topological polar surface area (TPSA) is 92.9 Å². The fourth-order valence-electron chi connectivity index (χ4n) is 7.87. The van der Waals surface area contributed by atoms with Crippen LogP contribution in [0, 0.1) is 0 Å². The SMILES string of the molecule is O=C([O-])c1ccc(C(=O)O)c(C2=c3cc4c5c(c3Oc3c2cc2c6c3CCCN6CCC2)CCC[N+]=5CCC4)c1. The number of carbonyl (C=O) groups is 2. The zero-order valence-electron chi connectivity index (χ0n) is 22.3. The number of hydrogen-bond acceptors (Lipinski definition) is 5. The Morgan fingerprint density at radius 1 is 0.850 bits per heavy atom. The molecule has 5 aliphatic heterocycles. The van der Waals surface area contributed by atoms with Gasteiger partial charge in [-0.05, 0) is 79.5 Å². The molecule has 0 aromatic heterocycles. The normalized spacial score (nSPS) is 18.2. The molecule has 0 unspecified atom stereocenters. The first-order valence-electron chi connectivity index (χ1n) is 14.5. The van der Waals surface area contributed by atoms with E-state index >= 15 is 0 Å². The molecule has 0 saturated heterocycles. The van der Waals surface area contributed by atoms with Crippen LogP contribution in [0.25, 0.3) is 5.57 Å². The van der Waals surface area contributed by atoms with E-state index in [4.69, 9.17) is 4.74 Å². The second-order valence-electron chi connectivity index (χ2n) is 11.7. The number of carbonyl (C=O) groups excluding carboxylic acids is 1. The number of ether oxygens (including phenoxy) is 1. The lowest BCUT2D eigenvalue weighted by Gasteiger charge is -2.39. The second-order valence-corrected chi connectivity index (χ2v) is 11.7. The monoisotopic (exact) mass is 534 g/mol. The van der Waals surface area contributed by atoms with Crippen molar-refractivity contribution < 1.29 is 24.5 Å². The number of aryl methyl sites for hydroxylation is 2. The number of hydrogen-bond donors (Lipinski definition) is 1. The van der Waals surface area contributed by atoms with Crippen LogP contribution >= 0.6 is 0 Å². The number of anilines is 1. The average molecular weight is 535 g/mol. The Balaban J connectivity index is 1.55. The predicted molar refractivity (Wildman–Crippen MR) is 148 cm³/mol. The van der Waals surface area contributed by atoms with Gasteiger partial charge in [0.05, 0.1) is 17.1 Å². The fourth-order valence-corrected chi connectivity index (χ4v) is 7.87. The molecule has 0 amide bonds. The zero-order chi connectivity index (χ0) is 27.1. The minimum Gasteiger partial charge on any atom is -0.545 e. The van der Waals surface area contributed by atoms with Gasteiger partial charge in [0, 0.05) is 59.1 Å². The summed E-state index contributed by atoms with van der Waals surface area (Å²) in [4.78, 5) is 27.0. The highest BCUT2D eigenvalue weighted by atomic mass is 16.5. The summed E-state index contributed by atoms with van der Waals surface area (Å²) in [5.74, 6) is -0.782. The van der Waals surface area contributed by atoms with E-state index in [0.29, 0.717) is 5.56 Å². The van der Waals surface area contributed by atoms with Crippen molar-refractivity contribution in [1.82, 2.24) is 4.58 Å². The number of rotatable bonds is 3. The van der Waals surface area contributed by atoms with E-state index in [1.807, 2.05) is 0 Å². The third-order valence-corrected chi connectivity index (χ3v) is 9.44. The summed E-state index contributed by atoms with van der Waals surface area (Å²) in [6, 6.07) is 8.60. The summed E-state index contributed by atoms with van der Waals surface area (Å²) in [5, 5.41) is 24.4. The lowest BCUT2D eigenvalue weighted by Crippen LogP contribution is -2.45. The van der Waals surface area contributed by atoms with Crippen molar-refractivity contribution in [3.63, 3.8) is 0 Å². The largest absolute Gasteiger partial charge is 0.545 e. The average Bonchev–Trinajstić information content (AvgIpc) is 2.96. The van der Waals surface area contributed by atoms with E-state index in [-0.39, 0.29) is 11.1 Å². The Hall–Kier alpha value is -4.13. The highest BCUT2D eigenvalue weighted by molar-refractivity contribution is 6.01. The molecule has 8 rings (SSSR count). The molecule has 0 saturated carbocycles. The van der Waals surface area contributed by atoms with Gasteiger partial charge >= 0.3 is 5.97 Å². The molecular weight excluding hydrogens is 504 g/mol. The third-order valence-electron chi connectivity index (χ3n) is 9.44. The second kappa shape index (κ2) is 8.68. The third kappa shape index (κ3) is 3.33. The highest BCUT2D eigenvalue weighted by Gasteiger charge is 2.36. The Morgan fingerprint density at radius 2 is 1.60 bits per heavy atom. The number of aromatic carboxylic acids is 2. The lowest BCUT2D eigenvalue weighted by molar-refractivity contribution is -0.255. The van der Waals surface area contributed by atoms with E-state index in [1.165, 1.54) is 51.5 Å². The molecular formula is C33H30N2O5. The molecule has 40 heavy (non-hydrogen) atoms.